The van der Waals surface area contributed by atoms with Crippen LogP contribution in [0, 0.1) is 0 Å². The van der Waals surface area contributed by atoms with Gasteiger partial charge in [0.2, 0.25) is 0 Å². The fourth-order valence-electron chi connectivity index (χ4n) is 3.80. The van der Waals surface area contributed by atoms with Crippen LogP contribution in [-0.4, -0.2) is 58.0 Å². The molecule has 2 aliphatic heterocycles. The zero-order valence-electron chi connectivity index (χ0n) is 17.4. The molecule has 0 aromatic heterocycles. The molecule has 2 heterocycles. The van der Waals surface area contributed by atoms with Gasteiger partial charge in [0, 0.05) is 0 Å². The number of nitrogens with zero attached hydrogens (tertiary/aromatic N) is 1. The molecule has 4 rings (SSSR count). The summed E-state index contributed by atoms with van der Waals surface area (Å²) in [7, 11) is 3.30. The zero-order valence-corrected chi connectivity index (χ0v) is 17.4. The van der Waals surface area contributed by atoms with Gasteiger partial charge in [-0.05, 0) is 53.6 Å². The summed E-state index contributed by atoms with van der Waals surface area (Å²) in [6, 6.07) is 15.5. The first-order valence-electron chi connectivity index (χ1n) is 10.2. The van der Waals surface area contributed by atoms with Crippen LogP contribution in [0.5, 0.6) is 11.5 Å². The van der Waals surface area contributed by atoms with Crippen LogP contribution in [0.15, 0.2) is 54.6 Å². The third-order valence-electron chi connectivity index (χ3n) is 5.57. The SMILES string of the molecule is COc1ccc(C2=C[C@H](c3ccc(OC)cc3)N(C(=O)C[NH+]3CCOCC3)N2)cc1. The van der Waals surface area contributed by atoms with E-state index in [2.05, 4.69) is 11.5 Å². The first-order chi connectivity index (χ1) is 14.7. The van der Waals surface area contributed by atoms with Crippen LogP contribution in [0.2, 0.25) is 0 Å². The predicted octanol–water partition coefficient (Wildman–Crippen LogP) is 1.05. The van der Waals surface area contributed by atoms with Gasteiger partial charge in [-0.1, -0.05) is 12.1 Å². The van der Waals surface area contributed by atoms with Crippen LogP contribution < -0.4 is 19.8 Å². The molecule has 0 unspecified atom stereocenters. The molecule has 0 saturated carbocycles. The van der Waals surface area contributed by atoms with Crippen molar-refractivity contribution in [2.75, 3.05) is 47.1 Å². The second-order valence-corrected chi connectivity index (χ2v) is 7.44. The molecule has 2 N–H and O–H groups in total. The van der Waals surface area contributed by atoms with Crippen molar-refractivity contribution < 1.29 is 23.9 Å². The van der Waals surface area contributed by atoms with Gasteiger partial charge in [-0.25, -0.2) is 5.01 Å². The summed E-state index contributed by atoms with van der Waals surface area (Å²) >= 11 is 0. The lowest BCUT2D eigenvalue weighted by molar-refractivity contribution is -0.900. The fourth-order valence-corrected chi connectivity index (χ4v) is 3.80. The Bertz CT molecular complexity index is 890. The summed E-state index contributed by atoms with van der Waals surface area (Å²) < 4.78 is 16.0. The van der Waals surface area contributed by atoms with E-state index in [0.29, 0.717) is 19.8 Å². The third kappa shape index (κ3) is 4.42. The number of benzene rings is 2. The van der Waals surface area contributed by atoms with Crippen molar-refractivity contribution >= 4 is 11.6 Å². The Morgan fingerprint density at radius 3 is 2.23 bits per heavy atom. The summed E-state index contributed by atoms with van der Waals surface area (Å²) in [5.74, 6) is 1.65. The predicted molar refractivity (Wildman–Crippen MR) is 113 cm³/mol. The molecule has 7 nitrogen and oxygen atoms in total. The second-order valence-electron chi connectivity index (χ2n) is 7.44. The monoisotopic (exact) mass is 410 g/mol. The van der Waals surface area contributed by atoms with E-state index in [-0.39, 0.29) is 11.9 Å². The molecule has 2 aliphatic rings. The lowest BCUT2D eigenvalue weighted by Crippen LogP contribution is -3.15. The molecule has 158 valence electrons. The summed E-state index contributed by atoms with van der Waals surface area (Å²) in [5.41, 5.74) is 6.27. The van der Waals surface area contributed by atoms with Crippen molar-refractivity contribution in [1.82, 2.24) is 10.4 Å². The molecule has 2 aromatic carbocycles. The normalized spacial score (nSPS) is 19.2. The van der Waals surface area contributed by atoms with Gasteiger partial charge in [0.25, 0.3) is 5.91 Å². The molecule has 0 aliphatic carbocycles. The van der Waals surface area contributed by atoms with Crippen molar-refractivity contribution in [2.24, 2.45) is 0 Å². The topological polar surface area (TPSA) is 64.5 Å². The molecular weight excluding hydrogens is 382 g/mol. The average Bonchev–Trinajstić information content (AvgIpc) is 3.25. The summed E-state index contributed by atoms with van der Waals surface area (Å²) in [5, 5.41) is 1.74. The third-order valence-corrected chi connectivity index (χ3v) is 5.57. The van der Waals surface area contributed by atoms with E-state index in [9.17, 15) is 4.79 Å². The number of carbonyl (C=O) groups excluding carboxylic acids is 1. The lowest BCUT2D eigenvalue weighted by atomic mass is 10.0. The van der Waals surface area contributed by atoms with Gasteiger partial charge in [-0.15, -0.1) is 0 Å². The minimum atomic E-state index is -0.194. The summed E-state index contributed by atoms with van der Waals surface area (Å²) in [4.78, 5) is 14.5. The van der Waals surface area contributed by atoms with Crippen molar-refractivity contribution in [3.8, 4) is 11.5 Å². The molecule has 0 spiro atoms. The highest BCUT2D eigenvalue weighted by Crippen LogP contribution is 2.32. The Hall–Kier alpha value is -3.03. The number of rotatable bonds is 6. The minimum absolute atomic E-state index is 0.0625. The molecule has 1 amide bonds. The molecule has 0 bridgehead atoms. The largest absolute Gasteiger partial charge is 0.497 e. The van der Waals surface area contributed by atoms with Gasteiger partial charge in [-0.2, -0.15) is 0 Å². The van der Waals surface area contributed by atoms with Crippen molar-refractivity contribution in [1.29, 1.82) is 0 Å². The zero-order chi connectivity index (χ0) is 20.9. The number of hydrogen-bond acceptors (Lipinski definition) is 5. The number of ether oxygens (including phenoxy) is 3. The van der Waals surface area contributed by atoms with Gasteiger partial charge in [0.1, 0.15) is 24.6 Å². The Labute approximate surface area is 176 Å². The first kappa shape index (κ1) is 20.3. The van der Waals surface area contributed by atoms with Crippen LogP contribution in [0.4, 0.5) is 0 Å². The van der Waals surface area contributed by atoms with Crippen molar-refractivity contribution in [3.63, 3.8) is 0 Å². The van der Waals surface area contributed by atoms with E-state index < -0.39 is 0 Å². The number of amides is 1. The highest BCUT2D eigenvalue weighted by atomic mass is 16.5. The van der Waals surface area contributed by atoms with Crippen molar-refractivity contribution in [3.05, 3.63) is 65.7 Å². The molecule has 0 radical (unpaired) electrons. The summed E-state index contributed by atoms with van der Waals surface area (Å²) in [6.07, 6.45) is 2.09. The maximum absolute atomic E-state index is 13.2. The number of morpholine rings is 1. The van der Waals surface area contributed by atoms with Crippen molar-refractivity contribution in [2.45, 2.75) is 6.04 Å². The molecular formula is C23H28N3O4+. The van der Waals surface area contributed by atoms with Crippen LogP contribution in [0.25, 0.3) is 5.70 Å². The van der Waals surface area contributed by atoms with Crippen LogP contribution in [0.3, 0.4) is 0 Å². The number of carbonyl (C=O) groups is 1. The van der Waals surface area contributed by atoms with Gasteiger partial charge >= 0.3 is 0 Å². The highest BCUT2D eigenvalue weighted by molar-refractivity contribution is 5.81. The summed E-state index contributed by atoms with van der Waals surface area (Å²) in [6.45, 7) is 3.55. The molecule has 2 aromatic rings. The van der Waals surface area contributed by atoms with E-state index in [1.54, 1.807) is 19.2 Å². The molecule has 1 atom stereocenters. The highest BCUT2D eigenvalue weighted by Gasteiger charge is 2.33. The van der Waals surface area contributed by atoms with E-state index in [4.69, 9.17) is 14.2 Å². The number of nitrogens with one attached hydrogen (secondary N) is 2. The Morgan fingerprint density at radius 1 is 1.03 bits per heavy atom. The van der Waals surface area contributed by atoms with E-state index >= 15 is 0 Å². The Kier molecular flexibility index (Phi) is 6.21. The minimum Gasteiger partial charge on any atom is -0.497 e. The molecule has 1 fully saturated rings. The van der Waals surface area contributed by atoms with Crippen LogP contribution in [0.1, 0.15) is 17.2 Å². The number of hydrogen-bond donors (Lipinski definition) is 2. The first-order valence-corrected chi connectivity index (χ1v) is 10.2. The molecule has 7 heteroatoms. The quantitative estimate of drug-likeness (QED) is 0.745. The maximum atomic E-state index is 13.2. The Morgan fingerprint density at radius 2 is 1.63 bits per heavy atom. The molecule has 1 saturated heterocycles. The number of methoxy groups -OCH3 is 2. The van der Waals surface area contributed by atoms with Gasteiger partial charge < -0.3 is 19.1 Å². The van der Waals surface area contributed by atoms with Crippen LogP contribution in [-0.2, 0) is 9.53 Å². The Balaban J connectivity index is 1.58. The number of quaternary nitrogens is 1. The average molecular weight is 410 g/mol. The second kappa shape index (κ2) is 9.19. The van der Waals surface area contributed by atoms with Crippen LogP contribution >= 0.6 is 0 Å². The van der Waals surface area contributed by atoms with E-state index in [1.807, 2.05) is 48.5 Å². The smallest absolute Gasteiger partial charge is 0.296 e. The molecule has 30 heavy (non-hydrogen) atoms. The standard InChI is InChI=1S/C23H27N3O4/c1-28-19-7-3-17(4-8-19)21-15-22(18-5-9-20(29-2)10-6-18)26(24-21)23(27)16-25-11-13-30-14-12-25/h3-10,15,22,24H,11-14,16H2,1-2H3/p+1/t22-/m1/s1. The van der Waals surface area contributed by atoms with Gasteiger partial charge in [0.15, 0.2) is 6.54 Å². The van der Waals surface area contributed by atoms with Gasteiger partial charge in [-0.3, -0.25) is 10.2 Å². The maximum Gasteiger partial charge on any atom is 0.296 e. The fraction of sp³-hybridized carbons (Fsp3) is 0.348. The van der Waals surface area contributed by atoms with E-state index in [0.717, 1.165) is 41.4 Å². The lowest BCUT2D eigenvalue weighted by Gasteiger charge is -2.29. The van der Waals surface area contributed by atoms with E-state index in [1.165, 1.54) is 4.90 Å². The van der Waals surface area contributed by atoms with Gasteiger partial charge in [0.05, 0.1) is 39.2 Å². The number of hydrazine groups is 1.